The number of thiophene rings is 2. The van der Waals surface area contributed by atoms with Gasteiger partial charge in [0.1, 0.15) is 11.2 Å². The molecule has 0 unspecified atom stereocenters. The van der Waals surface area contributed by atoms with Gasteiger partial charge in [-0.2, -0.15) is 0 Å². The molecule has 0 amide bonds. The van der Waals surface area contributed by atoms with Crippen molar-refractivity contribution in [2.24, 2.45) is 0 Å². The van der Waals surface area contributed by atoms with Gasteiger partial charge >= 0.3 is 0 Å². The molecule has 0 spiro atoms. The predicted molar refractivity (Wildman–Crippen MR) is 623 cm³/mol. The summed E-state index contributed by atoms with van der Waals surface area (Å²) in [5.74, 6) is 3.57. The fourth-order valence-corrected chi connectivity index (χ4v) is 24.4. The number of aromatic nitrogens is 8. The van der Waals surface area contributed by atoms with E-state index >= 15 is 0 Å². The number of para-hydroxylation sites is 3. The van der Waals surface area contributed by atoms with Crippen LogP contribution >= 0.6 is 22.7 Å². The predicted octanol–water partition coefficient (Wildman–Crippen LogP) is 37.6. The van der Waals surface area contributed by atoms with Gasteiger partial charge in [-0.15, -0.1) is 22.7 Å². The van der Waals surface area contributed by atoms with Crippen molar-refractivity contribution in [3.63, 3.8) is 0 Å². The van der Waals surface area contributed by atoms with Gasteiger partial charge in [0.25, 0.3) is 0 Å². The van der Waals surface area contributed by atoms with E-state index in [-0.39, 0.29) is 0 Å². The van der Waals surface area contributed by atoms with Crippen molar-refractivity contribution in [2.75, 3.05) is 0 Å². The van der Waals surface area contributed by atoms with Gasteiger partial charge in [-0.05, 0) is 139 Å². The SMILES string of the molecule is c1ccc(-c2ccc(-c3nc(-c4ccc(-c5ccccc5)cc4)nc(-c4cc(-c5ccccc5)c(-n5c6ccccc6c6c7oc8c(-c9ccccc9)cccc8c7ccc65)c(-c5ccccc5)c4)n3)cc2)cc1.c1ccc(-c2ccc(-c3nc(-c4ccc(-c5ccccc5)cc4)nc(-c4cc(-c5ccccc5)c(-n5c6ccccc6c6c7sc8c(ccc9sc%10ccccc%10c98)c7ccc65)c(-c5ccccc5)c4)n3)cc2)cc1. The van der Waals surface area contributed by atoms with Crippen molar-refractivity contribution in [1.82, 2.24) is 39.0 Å². The second-order valence-corrected chi connectivity index (χ2v) is 39.8. The minimum atomic E-state index is 0.575. The lowest BCUT2D eigenvalue weighted by Gasteiger charge is -2.21. The minimum Gasteiger partial charge on any atom is -0.455 e. The number of hydrogen-bond donors (Lipinski definition) is 0. The number of furan rings is 1. The third-order valence-electron chi connectivity index (χ3n) is 29.0. The van der Waals surface area contributed by atoms with Crippen molar-refractivity contribution in [1.29, 1.82) is 0 Å². The van der Waals surface area contributed by atoms with Crippen LogP contribution in [-0.4, -0.2) is 39.0 Å². The lowest BCUT2D eigenvalue weighted by atomic mass is 9.92. The summed E-state index contributed by atoms with van der Waals surface area (Å²) in [4.78, 5) is 32.0. The van der Waals surface area contributed by atoms with E-state index in [0.717, 1.165) is 200 Å². The molecule has 9 nitrogen and oxygen atoms in total. The second-order valence-electron chi connectivity index (χ2n) is 37.7. The van der Waals surface area contributed by atoms with Crippen LogP contribution < -0.4 is 0 Å². The van der Waals surface area contributed by atoms with E-state index in [9.17, 15) is 0 Å². The van der Waals surface area contributed by atoms with Gasteiger partial charge in [0.2, 0.25) is 0 Å². The Hall–Kier alpha value is -19.3. The average Bonchev–Trinajstić information content (AvgIpc) is 1.58. The molecule has 0 saturated heterocycles. The average molecular weight is 1940 g/mol. The third-order valence-corrected chi connectivity index (χ3v) is 31.4. The monoisotopic (exact) mass is 1930 g/mol. The smallest absolute Gasteiger partial charge is 0.164 e. The number of hydrogen-bond acceptors (Lipinski definition) is 9. The molecule has 0 N–H and O–H groups in total. The largest absolute Gasteiger partial charge is 0.455 e. The fourth-order valence-electron chi connectivity index (χ4n) is 21.8. The lowest BCUT2D eigenvalue weighted by molar-refractivity contribution is 0.674. The zero-order valence-electron chi connectivity index (χ0n) is 80.5. The Kier molecular flexibility index (Phi) is 21.8. The summed E-state index contributed by atoms with van der Waals surface area (Å²) in [7, 11) is 0. The summed E-state index contributed by atoms with van der Waals surface area (Å²) >= 11 is 3.81. The van der Waals surface area contributed by atoms with Gasteiger partial charge in [0, 0.05) is 128 Å². The minimum absolute atomic E-state index is 0.575. The Morgan fingerprint density at radius 2 is 0.423 bits per heavy atom. The van der Waals surface area contributed by atoms with Crippen molar-refractivity contribution in [3.05, 3.63) is 522 Å². The van der Waals surface area contributed by atoms with Crippen LogP contribution in [0.3, 0.4) is 0 Å². The summed E-state index contributed by atoms with van der Waals surface area (Å²) < 4.78 is 17.4. The van der Waals surface area contributed by atoms with Gasteiger partial charge < -0.3 is 13.6 Å². The van der Waals surface area contributed by atoms with Crippen molar-refractivity contribution in [2.45, 2.75) is 0 Å². The van der Waals surface area contributed by atoms with E-state index in [2.05, 4.69) is 507 Å². The van der Waals surface area contributed by atoms with Gasteiger partial charge in [-0.1, -0.05) is 455 Å². The van der Waals surface area contributed by atoms with Gasteiger partial charge in [-0.25, -0.2) is 29.9 Å². The normalized spacial score (nSPS) is 11.6. The lowest BCUT2D eigenvalue weighted by Crippen LogP contribution is -2.04. The molecule has 0 aliphatic rings. The zero-order valence-corrected chi connectivity index (χ0v) is 82.1. The molecule has 29 aromatic rings. The second kappa shape index (κ2) is 37.1. The zero-order chi connectivity index (χ0) is 98.4. The van der Waals surface area contributed by atoms with Crippen LogP contribution in [0.1, 0.15) is 0 Å². The molecule has 0 fully saturated rings. The Labute approximate surface area is 867 Å². The van der Waals surface area contributed by atoms with E-state index < -0.39 is 0 Å². The summed E-state index contributed by atoms with van der Waals surface area (Å²) in [6.45, 7) is 0. The maximum Gasteiger partial charge on any atom is 0.164 e. The Morgan fingerprint density at radius 1 is 0.154 bits per heavy atom. The van der Waals surface area contributed by atoms with Crippen molar-refractivity contribution >= 4 is 129 Å². The topological polar surface area (TPSA) is 100 Å². The molecule has 7 aromatic heterocycles. The fraction of sp³-hybridized carbons (Fsp3) is 0. The summed E-state index contributed by atoms with van der Waals surface area (Å²) in [6.07, 6.45) is 0. The first-order valence-electron chi connectivity index (χ1n) is 50.2. The first kappa shape index (κ1) is 87.5. The van der Waals surface area contributed by atoms with E-state index in [1.54, 1.807) is 0 Å². The molecule has 0 saturated carbocycles. The molecule has 0 aliphatic heterocycles. The standard InChI is InChI=1S/C69H44N4O.C69H42N4S2/c1-6-19-45(20-7-1)47-33-37-52(38-34-47)67-70-68(53-39-35-48(36-40-53)46-21-8-2-9-22-46)72-69(71-67)54-43-59(50-25-12-4-13-26-50)64(60(44-54)51-27-14-5-15-28-51)73-61-32-17-16-29-58(61)63-62(73)42-41-57-56-31-18-30-55(65(56)74-66(57)63)49-23-10-3-11-24-49;1-5-17-43(18-6-1)45-29-33-49(34-30-45)67-70-68(50-35-31-46(32-36-50)44-19-7-2-8-20-44)72-69(71-67)51-41-56(47-21-9-3-10-22-47)64(57(42-51)48-23-11-4-12-24-48)73-58-27-15-13-25-54(58)62-59(73)39-37-52-53-38-40-61-63(66(53)75-65(52)62)55-26-14-16-28-60(55)74-61/h1-44H;1-42H. The quantitative estimate of drug-likeness (QED) is 0.0895. The molecule has 11 heteroatoms. The highest BCUT2D eigenvalue weighted by Gasteiger charge is 2.30. The molecular weight excluding hydrogens is 1850 g/mol. The van der Waals surface area contributed by atoms with Crippen LogP contribution in [0.25, 0.3) is 286 Å². The van der Waals surface area contributed by atoms with Crippen LogP contribution in [0.4, 0.5) is 0 Å². The van der Waals surface area contributed by atoms with Gasteiger partial charge in [-0.3, -0.25) is 0 Å². The highest BCUT2D eigenvalue weighted by molar-refractivity contribution is 7.30. The third kappa shape index (κ3) is 15.7. The van der Waals surface area contributed by atoms with Crippen molar-refractivity contribution in [3.8, 4) is 180 Å². The summed E-state index contributed by atoms with van der Waals surface area (Å²) in [6, 6.07) is 185. The maximum atomic E-state index is 7.13. The van der Waals surface area contributed by atoms with Gasteiger partial charge in [0.05, 0.1) is 38.8 Å². The summed E-state index contributed by atoms with van der Waals surface area (Å²) in [5, 5.41) is 12.1. The van der Waals surface area contributed by atoms with Crippen LogP contribution in [0.2, 0.25) is 0 Å². The molecular formula is C138H86N8OS2. The number of fused-ring (bicyclic) bond motifs is 18. The maximum absolute atomic E-state index is 7.13. The first-order valence-corrected chi connectivity index (χ1v) is 51.9. The van der Waals surface area contributed by atoms with E-state index in [0.29, 0.717) is 34.9 Å². The van der Waals surface area contributed by atoms with E-state index in [1.807, 2.05) is 46.9 Å². The Balaban J connectivity index is 0.000000143. The summed E-state index contributed by atoms with van der Waals surface area (Å²) in [5.41, 5.74) is 33.5. The van der Waals surface area contributed by atoms with Crippen LogP contribution in [0.15, 0.2) is 526 Å². The van der Waals surface area contributed by atoms with E-state index in [4.69, 9.17) is 34.3 Å². The molecule has 7 heterocycles. The molecule has 0 bridgehead atoms. The number of rotatable bonds is 17. The van der Waals surface area contributed by atoms with Gasteiger partial charge in [0.15, 0.2) is 34.9 Å². The van der Waals surface area contributed by atoms with Crippen molar-refractivity contribution < 1.29 is 4.42 Å². The number of nitrogens with zero attached hydrogens (tertiary/aromatic N) is 8. The molecule has 0 aliphatic carbocycles. The molecule has 149 heavy (non-hydrogen) atoms. The molecule has 0 atom stereocenters. The van der Waals surface area contributed by atoms with E-state index in [1.165, 1.54) is 51.1 Å². The highest BCUT2D eigenvalue weighted by Crippen LogP contribution is 2.53. The van der Waals surface area contributed by atoms with Crippen LogP contribution in [0, 0.1) is 0 Å². The molecule has 29 rings (SSSR count). The van der Waals surface area contributed by atoms with Crippen LogP contribution in [-0.2, 0) is 0 Å². The Bertz CT molecular complexity index is 9870. The molecule has 22 aromatic carbocycles. The number of benzene rings is 22. The molecule has 0 radical (unpaired) electrons. The molecule has 696 valence electrons. The highest BCUT2D eigenvalue weighted by atomic mass is 32.1. The Morgan fingerprint density at radius 3 is 0.799 bits per heavy atom. The first-order chi connectivity index (χ1) is 73.9. The van der Waals surface area contributed by atoms with Crippen LogP contribution in [0.5, 0.6) is 0 Å².